The summed E-state index contributed by atoms with van der Waals surface area (Å²) in [5, 5.41) is 3.67. The lowest BCUT2D eigenvalue weighted by Crippen LogP contribution is -2.35. The highest BCUT2D eigenvalue weighted by atomic mass is 16.5. The number of nitrogens with one attached hydrogen (secondary N) is 1. The van der Waals surface area contributed by atoms with E-state index in [-0.39, 0.29) is 0 Å². The Labute approximate surface area is 129 Å². The lowest BCUT2D eigenvalue weighted by Gasteiger charge is -2.26. The molecule has 1 saturated carbocycles. The molecule has 1 N–H and O–H groups in total. The van der Waals surface area contributed by atoms with Gasteiger partial charge in [0, 0.05) is 6.04 Å². The van der Waals surface area contributed by atoms with E-state index in [0.717, 1.165) is 6.42 Å². The van der Waals surface area contributed by atoms with E-state index in [4.69, 9.17) is 4.74 Å². The van der Waals surface area contributed by atoms with E-state index >= 15 is 0 Å². The molecular weight excluding hydrogens is 258 g/mol. The molecule has 1 saturated heterocycles. The lowest BCUT2D eigenvalue weighted by atomic mass is 9.94. The number of piperidine rings is 1. The molecule has 1 unspecified atom stereocenters. The number of ether oxygens (including phenoxy) is 1. The maximum absolute atomic E-state index is 6.43. The molecule has 0 amide bonds. The van der Waals surface area contributed by atoms with Crippen LogP contribution in [0.2, 0.25) is 0 Å². The molecule has 1 aromatic carbocycles. The Morgan fingerprint density at radius 3 is 2.52 bits per heavy atom. The number of benzene rings is 1. The minimum Gasteiger partial charge on any atom is -0.490 e. The molecule has 1 aliphatic carbocycles. The first-order valence-electron chi connectivity index (χ1n) is 8.73. The first-order chi connectivity index (χ1) is 10.2. The van der Waals surface area contributed by atoms with Gasteiger partial charge < -0.3 is 10.1 Å². The van der Waals surface area contributed by atoms with E-state index in [1.807, 2.05) is 0 Å². The Kier molecular flexibility index (Phi) is 4.84. The molecule has 2 fully saturated rings. The molecule has 0 radical (unpaired) electrons. The van der Waals surface area contributed by atoms with Gasteiger partial charge in [0.1, 0.15) is 5.75 Å². The Morgan fingerprint density at radius 1 is 1.05 bits per heavy atom. The van der Waals surface area contributed by atoms with Crippen molar-refractivity contribution in [1.29, 1.82) is 0 Å². The quantitative estimate of drug-likeness (QED) is 0.891. The predicted octanol–water partition coefficient (Wildman–Crippen LogP) is 4.31. The fraction of sp³-hybridized carbons (Fsp3) is 0.684. The molecule has 1 aliphatic heterocycles. The highest BCUT2D eigenvalue weighted by Crippen LogP contribution is 2.32. The van der Waals surface area contributed by atoms with Crippen molar-refractivity contribution in [3.63, 3.8) is 0 Å². The lowest BCUT2D eigenvalue weighted by molar-refractivity contribution is 0.205. The topological polar surface area (TPSA) is 21.3 Å². The Morgan fingerprint density at radius 2 is 1.81 bits per heavy atom. The van der Waals surface area contributed by atoms with Gasteiger partial charge in [0.05, 0.1) is 6.10 Å². The second kappa shape index (κ2) is 6.83. The van der Waals surface area contributed by atoms with Gasteiger partial charge in [-0.1, -0.05) is 18.6 Å². The number of rotatable bonds is 4. The maximum Gasteiger partial charge on any atom is 0.126 e. The summed E-state index contributed by atoms with van der Waals surface area (Å²) in [7, 11) is 0. The van der Waals surface area contributed by atoms with E-state index in [2.05, 4.69) is 31.3 Å². The number of hydrogen-bond acceptors (Lipinski definition) is 2. The summed E-state index contributed by atoms with van der Waals surface area (Å²) >= 11 is 0. The molecule has 2 heteroatoms. The fourth-order valence-electron chi connectivity index (χ4n) is 3.71. The molecule has 1 heterocycles. The minimum atomic E-state index is 0.448. The second-order valence-electron chi connectivity index (χ2n) is 6.87. The van der Waals surface area contributed by atoms with Crippen LogP contribution in [0, 0.1) is 13.8 Å². The summed E-state index contributed by atoms with van der Waals surface area (Å²) in [6, 6.07) is 5.18. The number of aryl methyl sites for hydroxylation is 1. The molecule has 116 valence electrons. The molecule has 2 nitrogen and oxygen atoms in total. The molecular formula is C19H29NO. The summed E-state index contributed by atoms with van der Waals surface area (Å²) in [6.45, 7) is 5.59. The first-order valence-corrected chi connectivity index (χ1v) is 8.73. The minimum absolute atomic E-state index is 0.448. The van der Waals surface area contributed by atoms with Gasteiger partial charge in [-0.05, 0) is 82.0 Å². The van der Waals surface area contributed by atoms with Gasteiger partial charge in [0.2, 0.25) is 0 Å². The van der Waals surface area contributed by atoms with E-state index in [1.54, 1.807) is 0 Å². The van der Waals surface area contributed by atoms with Gasteiger partial charge in [-0.15, -0.1) is 0 Å². The fourth-order valence-corrected chi connectivity index (χ4v) is 3.71. The average molecular weight is 287 g/mol. The number of hydrogen-bond donors (Lipinski definition) is 1. The van der Waals surface area contributed by atoms with Gasteiger partial charge in [-0.25, -0.2) is 0 Å². The zero-order chi connectivity index (χ0) is 14.7. The summed E-state index contributed by atoms with van der Waals surface area (Å²) in [5.41, 5.74) is 4.10. The molecule has 0 spiro atoms. The standard InChI is InChI=1S/C19H29NO/c1-14-10-11-16(13-17-7-5-6-12-20-17)19(15(14)2)21-18-8-3-4-9-18/h10-11,17-18,20H,3-9,12-13H2,1-2H3. The maximum atomic E-state index is 6.43. The molecule has 2 aliphatic rings. The van der Waals surface area contributed by atoms with Crippen LogP contribution in [0.1, 0.15) is 61.6 Å². The van der Waals surface area contributed by atoms with Crippen LogP contribution in [0.5, 0.6) is 5.75 Å². The SMILES string of the molecule is Cc1ccc(CC2CCCCN2)c(OC2CCCC2)c1C. The van der Waals surface area contributed by atoms with Crippen LogP contribution in [0.3, 0.4) is 0 Å². The molecule has 0 aromatic heterocycles. The molecule has 21 heavy (non-hydrogen) atoms. The normalized spacial score (nSPS) is 23.4. The summed E-state index contributed by atoms with van der Waals surface area (Å²) in [4.78, 5) is 0. The zero-order valence-corrected chi connectivity index (χ0v) is 13.6. The molecule has 3 rings (SSSR count). The van der Waals surface area contributed by atoms with Crippen molar-refractivity contribution in [3.05, 3.63) is 28.8 Å². The van der Waals surface area contributed by atoms with Gasteiger partial charge >= 0.3 is 0 Å². The highest BCUT2D eigenvalue weighted by Gasteiger charge is 2.21. The van der Waals surface area contributed by atoms with Crippen LogP contribution in [-0.4, -0.2) is 18.7 Å². The Balaban J connectivity index is 1.78. The van der Waals surface area contributed by atoms with Crippen molar-refractivity contribution in [2.24, 2.45) is 0 Å². The van der Waals surface area contributed by atoms with Crippen molar-refractivity contribution in [2.75, 3.05) is 6.54 Å². The van der Waals surface area contributed by atoms with Crippen molar-refractivity contribution in [1.82, 2.24) is 5.32 Å². The van der Waals surface area contributed by atoms with Gasteiger partial charge in [-0.2, -0.15) is 0 Å². The Hall–Kier alpha value is -1.02. The van der Waals surface area contributed by atoms with E-state index in [1.165, 1.54) is 73.9 Å². The third kappa shape index (κ3) is 3.60. The summed E-state index contributed by atoms with van der Waals surface area (Å²) < 4.78 is 6.43. The average Bonchev–Trinajstić information content (AvgIpc) is 3.01. The van der Waals surface area contributed by atoms with Crippen molar-refractivity contribution < 1.29 is 4.74 Å². The smallest absolute Gasteiger partial charge is 0.126 e. The third-order valence-electron chi connectivity index (χ3n) is 5.22. The summed E-state index contributed by atoms with van der Waals surface area (Å²) in [6.07, 6.45) is 10.7. The first kappa shape index (κ1) is 14.9. The second-order valence-corrected chi connectivity index (χ2v) is 6.87. The van der Waals surface area contributed by atoms with E-state index in [9.17, 15) is 0 Å². The van der Waals surface area contributed by atoms with Gasteiger partial charge in [0.25, 0.3) is 0 Å². The largest absolute Gasteiger partial charge is 0.490 e. The molecule has 0 bridgehead atoms. The van der Waals surface area contributed by atoms with Crippen molar-refractivity contribution in [2.45, 2.75) is 77.4 Å². The van der Waals surface area contributed by atoms with Crippen LogP contribution in [-0.2, 0) is 6.42 Å². The monoisotopic (exact) mass is 287 g/mol. The predicted molar refractivity (Wildman–Crippen MR) is 88.1 cm³/mol. The Bertz CT molecular complexity index is 471. The van der Waals surface area contributed by atoms with Crippen LogP contribution in [0.4, 0.5) is 0 Å². The van der Waals surface area contributed by atoms with Crippen molar-refractivity contribution >= 4 is 0 Å². The summed E-state index contributed by atoms with van der Waals surface area (Å²) in [5.74, 6) is 1.19. The van der Waals surface area contributed by atoms with Gasteiger partial charge in [-0.3, -0.25) is 0 Å². The zero-order valence-electron chi connectivity index (χ0n) is 13.6. The van der Waals surface area contributed by atoms with Crippen LogP contribution in [0.15, 0.2) is 12.1 Å². The third-order valence-corrected chi connectivity index (χ3v) is 5.22. The van der Waals surface area contributed by atoms with Crippen molar-refractivity contribution in [3.8, 4) is 5.75 Å². The van der Waals surface area contributed by atoms with E-state index in [0.29, 0.717) is 12.1 Å². The molecule has 1 atom stereocenters. The van der Waals surface area contributed by atoms with Crippen LogP contribution < -0.4 is 10.1 Å². The van der Waals surface area contributed by atoms with Crippen LogP contribution in [0.25, 0.3) is 0 Å². The molecule has 1 aromatic rings. The highest BCUT2D eigenvalue weighted by molar-refractivity contribution is 5.46. The van der Waals surface area contributed by atoms with Gasteiger partial charge in [0.15, 0.2) is 0 Å². The van der Waals surface area contributed by atoms with Crippen LogP contribution >= 0.6 is 0 Å². The van der Waals surface area contributed by atoms with E-state index < -0.39 is 0 Å².